The molecule has 2 amide bonds. The number of nitrogens with two attached hydrogens (primary N) is 1. The molecule has 5 N–H and O–H groups in total. The molecule has 208 valence electrons. The van der Waals surface area contributed by atoms with Crippen LogP contribution in [0, 0.1) is 23.2 Å². The molecule has 3 unspecified atom stereocenters. The average Bonchev–Trinajstić information content (AvgIpc) is 2.87. The molecule has 3 rings (SSSR count). The normalized spacial score (nSPS) is 28.6. The summed E-state index contributed by atoms with van der Waals surface area (Å²) in [5, 5.41) is 18.0. The highest BCUT2D eigenvalue weighted by atomic mass is 16.3. The van der Waals surface area contributed by atoms with Crippen LogP contribution < -0.4 is 16.4 Å². The van der Waals surface area contributed by atoms with Gasteiger partial charge in [0.25, 0.3) is 0 Å². The van der Waals surface area contributed by atoms with Gasteiger partial charge in [-0.05, 0) is 76.3 Å². The second-order valence-electron chi connectivity index (χ2n) is 12.3. The van der Waals surface area contributed by atoms with E-state index in [9.17, 15) is 14.7 Å². The van der Waals surface area contributed by atoms with Gasteiger partial charge in [0, 0.05) is 18.6 Å². The quantitative estimate of drug-likeness (QED) is 0.401. The number of rotatable bonds is 9. The van der Waals surface area contributed by atoms with E-state index in [2.05, 4.69) is 59.8 Å². The van der Waals surface area contributed by atoms with Crippen LogP contribution in [0.5, 0.6) is 0 Å². The molecule has 1 aliphatic carbocycles. The van der Waals surface area contributed by atoms with Gasteiger partial charge in [0.05, 0.1) is 12.0 Å². The standard InChI is InChI=1S/C30H50N4O3/c1-22-24(19-23-11-8-12-23)13-9-16-30(32-4,25-14-6-5-7-15-25)17-10-18-34(27(22)36)21-29(2,3)28(37)33-20-26(31)35/h5-7,14-15,22-24,27,32,36H,8-13,16-21H2,1-4H3,(H2,31,35)(H,33,37)/t22?,24?,27?,30-/m1/s1. The number of hydrogen-bond donors (Lipinski definition) is 4. The largest absolute Gasteiger partial charge is 0.378 e. The average molecular weight is 515 g/mol. The molecule has 1 aromatic carbocycles. The zero-order valence-corrected chi connectivity index (χ0v) is 23.5. The van der Waals surface area contributed by atoms with E-state index in [1.807, 2.05) is 13.8 Å². The smallest absolute Gasteiger partial charge is 0.236 e. The summed E-state index contributed by atoms with van der Waals surface area (Å²) in [6, 6.07) is 10.7. The summed E-state index contributed by atoms with van der Waals surface area (Å²) in [6.07, 6.45) is 9.62. The van der Waals surface area contributed by atoms with E-state index >= 15 is 0 Å². The molecule has 1 saturated heterocycles. The molecular weight excluding hydrogens is 464 g/mol. The molecule has 2 aliphatic rings. The molecule has 0 bridgehead atoms. The number of benzene rings is 1. The lowest BCUT2D eigenvalue weighted by atomic mass is 9.73. The molecule has 0 spiro atoms. The first-order valence-corrected chi connectivity index (χ1v) is 14.3. The fourth-order valence-corrected chi connectivity index (χ4v) is 6.43. The van der Waals surface area contributed by atoms with Crippen molar-refractivity contribution in [3.8, 4) is 0 Å². The minimum atomic E-state index is -0.778. The van der Waals surface area contributed by atoms with Crippen LogP contribution in [0.3, 0.4) is 0 Å². The highest BCUT2D eigenvalue weighted by Gasteiger charge is 2.38. The third-order valence-electron chi connectivity index (χ3n) is 9.12. The SMILES string of the molecule is CN[C@]1(c2ccccc2)CCCC(CC2CCC2)C(C)C(O)N(CC(C)(C)C(=O)NCC(N)=O)CCC1. The lowest BCUT2D eigenvalue weighted by molar-refractivity contribution is -0.135. The molecule has 1 heterocycles. The van der Waals surface area contributed by atoms with E-state index < -0.39 is 17.6 Å². The number of nitrogens with one attached hydrogen (secondary N) is 2. The van der Waals surface area contributed by atoms with E-state index in [0.717, 1.165) is 38.0 Å². The maximum atomic E-state index is 12.9. The second kappa shape index (κ2) is 13.2. The minimum absolute atomic E-state index is 0.110. The first-order valence-electron chi connectivity index (χ1n) is 14.3. The van der Waals surface area contributed by atoms with Gasteiger partial charge in [-0.2, -0.15) is 0 Å². The Labute approximate surface area is 223 Å². The van der Waals surface area contributed by atoms with Gasteiger partial charge in [-0.1, -0.05) is 62.9 Å². The summed E-state index contributed by atoms with van der Waals surface area (Å²) in [7, 11) is 2.07. The molecule has 1 aromatic rings. The first-order chi connectivity index (χ1) is 17.6. The van der Waals surface area contributed by atoms with Gasteiger partial charge in [0.1, 0.15) is 6.23 Å². The second-order valence-corrected chi connectivity index (χ2v) is 12.3. The zero-order valence-electron chi connectivity index (χ0n) is 23.5. The van der Waals surface area contributed by atoms with Crippen molar-refractivity contribution in [2.45, 2.75) is 90.3 Å². The summed E-state index contributed by atoms with van der Waals surface area (Å²) in [6.45, 7) is 6.88. The number of nitrogens with zero attached hydrogens (tertiary/aromatic N) is 1. The van der Waals surface area contributed by atoms with E-state index in [4.69, 9.17) is 5.73 Å². The Balaban J connectivity index is 1.85. The van der Waals surface area contributed by atoms with Crippen LogP contribution in [0.4, 0.5) is 0 Å². The topological polar surface area (TPSA) is 108 Å². The lowest BCUT2D eigenvalue weighted by Crippen LogP contribution is -2.52. The Morgan fingerprint density at radius 2 is 1.78 bits per heavy atom. The number of carbonyl (C=O) groups excluding carboxylic acids is 2. The van der Waals surface area contributed by atoms with E-state index in [0.29, 0.717) is 19.0 Å². The van der Waals surface area contributed by atoms with Gasteiger partial charge in [-0.15, -0.1) is 0 Å². The maximum absolute atomic E-state index is 12.9. The Bertz CT molecular complexity index is 873. The van der Waals surface area contributed by atoms with Gasteiger partial charge in [0.2, 0.25) is 11.8 Å². The van der Waals surface area contributed by atoms with Crippen LogP contribution in [-0.2, 0) is 15.1 Å². The minimum Gasteiger partial charge on any atom is -0.378 e. The molecule has 1 aliphatic heterocycles. The van der Waals surface area contributed by atoms with Crippen LogP contribution >= 0.6 is 0 Å². The van der Waals surface area contributed by atoms with Gasteiger partial charge >= 0.3 is 0 Å². The number of hydrogen-bond acceptors (Lipinski definition) is 5. The van der Waals surface area contributed by atoms with Gasteiger partial charge in [-0.25, -0.2) is 0 Å². The zero-order chi connectivity index (χ0) is 27.1. The molecule has 0 aromatic heterocycles. The van der Waals surface area contributed by atoms with Crippen molar-refractivity contribution in [2.75, 3.05) is 26.7 Å². The fraction of sp³-hybridized carbons (Fsp3) is 0.733. The van der Waals surface area contributed by atoms with Crippen molar-refractivity contribution in [2.24, 2.45) is 28.9 Å². The lowest BCUT2D eigenvalue weighted by Gasteiger charge is -2.40. The molecule has 0 radical (unpaired) electrons. The molecule has 7 nitrogen and oxygen atoms in total. The van der Waals surface area contributed by atoms with Crippen LogP contribution in [0.2, 0.25) is 0 Å². The van der Waals surface area contributed by atoms with Crippen LogP contribution in [0.1, 0.15) is 84.1 Å². The summed E-state index contributed by atoms with van der Waals surface area (Å²) in [4.78, 5) is 26.2. The Kier molecular flexibility index (Phi) is 10.6. The summed E-state index contributed by atoms with van der Waals surface area (Å²) in [5.41, 5.74) is 5.67. The van der Waals surface area contributed by atoms with Crippen molar-refractivity contribution in [1.82, 2.24) is 15.5 Å². The Morgan fingerprint density at radius 3 is 2.38 bits per heavy atom. The fourth-order valence-electron chi connectivity index (χ4n) is 6.43. The molecule has 37 heavy (non-hydrogen) atoms. The van der Waals surface area contributed by atoms with Crippen LogP contribution in [-0.4, -0.2) is 54.7 Å². The van der Waals surface area contributed by atoms with E-state index in [-0.39, 0.29) is 23.9 Å². The van der Waals surface area contributed by atoms with Crippen molar-refractivity contribution in [3.05, 3.63) is 35.9 Å². The van der Waals surface area contributed by atoms with Crippen LogP contribution in [0.25, 0.3) is 0 Å². The third-order valence-corrected chi connectivity index (χ3v) is 9.12. The molecule has 2 fully saturated rings. The highest BCUT2D eigenvalue weighted by Crippen LogP contribution is 2.40. The summed E-state index contributed by atoms with van der Waals surface area (Å²) >= 11 is 0. The molecule has 7 heteroatoms. The van der Waals surface area contributed by atoms with Gasteiger partial charge in [0.15, 0.2) is 0 Å². The van der Waals surface area contributed by atoms with E-state index in [1.54, 1.807) is 0 Å². The molecular formula is C30H50N4O3. The predicted octanol–water partition coefficient (Wildman–Crippen LogP) is 3.76. The van der Waals surface area contributed by atoms with E-state index in [1.165, 1.54) is 31.2 Å². The number of primary amides is 1. The van der Waals surface area contributed by atoms with Crippen molar-refractivity contribution in [3.63, 3.8) is 0 Å². The summed E-state index contributed by atoms with van der Waals surface area (Å²) < 4.78 is 0. The number of carbonyl (C=O) groups is 2. The van der Waals surface area contributed by atoms with Crippen LogP contribution in [0.15, 0.2) is 30.3 Å². The number of aliphatic hydroxyl groups is 1. The number of amides is 2. The highest BCUT2D eigenvalue weighted by molar-refractivity contribution is 5.86. The predicted molar refractivity (Wildman–Crippen MR) is 148 cm³/mol. The van der Waals surface area contributed by atoms with Crippen molar-refractivity contribution >= 4 is 11.8 Å². The van der Waals surface area contributed by atoms with Gasteiger partial charge < -0.3 is 21.5 Å². The first kappa shape index (κ1) is 29.6. The molecule has 1 saturated carbocycles. The maximum Gasteiger partial charge on any atom is 0.236 e. The molecule has 4 atom stereocenters. The van der Waals surface area contributed by atoms with Gasteiger partial charge in [-0.3, -0.25) is 14.5 Å². The van der Waals surface area contributed by atoms with Crippen molar-refractivity contribution in [1.29, 1.82) is 0 Å². The summed E-state index contributed by atoms with van der Waals surface area (Å²) in [5.74, 6) is 0.552. The Hall–Kier alpha value is -1.96. The number of aliphatic hydroxyl groups excluding tert-OH is 1. The Morgan fingerprint density at radius 1 is 1.11 bits per heavy atom. The third kappa shape index (κ3) is 7.78. The monoisotopic (exact) mass is 514 g/mol. The van der Waals surface area contributed by atoms with Crippen molar-refractivity contribution < 1.29 is 14.7 Å².